The maximum absolute atomic E-state index is 11.5. The molecule has 8 atom stereocenters. The van der Waals surface area contributed by atoms with Crippen LogP contribution in [-0.2, 0) is 9.53 Å². The van der Waals surface area contributed by atoms with Crippen LogP contribution in [0.25, 0.3) is 0 Å². The number of ether oxygens (including phenoxy) is 1. The Morgan fingerprint density at radius 1 is 1.30 bits per heavy atom. The van der Waals surface area contributed by atoms with Crippen LogP contribution in [0.2, 0.25) is 0 Å². The van der Waals surface area contributed by atoms with Crippen LogP contribution < -0.4 is 0 Å². The van der Waals surface area contributed by atoms with E-state index in [9.17, 15) is 10.1 Å². The summed E-state index contributed by atoms with van der Waals surface area (Å²) in [4.78, 5) is 11.5. The molecule has 4 bridgehead atoms. The molecule has 4 rings (SSSR count). The van der Waals surface area contributed by atoms with Crippen molar-refractivity contribution < 1.29 is 9.53 Å². The van der Waals surface area contributed by atoms with E-state index in [-0.39, 0.29) is 11.6 Å². The van der Waals surface area contributed by atoms with Crippen LogP contribution in [0.3, 0.4) is 0 Å². The van der Waals surface area contributed by atoms with Crippen molar-refractivity contribution in [1.82, 2.24) is 0 Å². The topological polar surface area (TPSA) is 50.1 Å². The molecule has 0 aliphatic heterocycles. The van der Waals surface area contributed by atoms with E-state index in [1.165, 1.54) is 12.8 Å². The average molecular weight is 273 g/mol. The summed E-state index contributed by atoms with van der Waals surface area (Å²) in [6.45, 7) is 3.72. The minimum Gasteiger partial charge on any atom is -0.459 e. The molecule has 0 aromatic heterocycles. The second-order valence-corrected chi connectivity index (χ2v) is 7.60. The van der Waals surface area contributed by atoms with Crippen molar-refractivity contribution in [2.24, 2.45) is 41.4 Å². The maximum atomic E-state index is 11.5. The lowest BCUT2D eigenvalue weighted by Gasteiger charge is -2.46. The van der Waals surface area contributed by atoms with Crippen LogP contribution in [0.4, 0.5) is 0 Å². The zero-order chi connectivity index (χ0) is 14.1. The summed E-state index contributed by atoms with van der Waals surface area (Å²) >= 11 is 0. The van der Waals surface area contributed by atoms with Gasteiger partial charge in [0.15, 0.2) is 0 Å². The summed E-state index contributed by atoms with van der Waals surface area (Å²) in [7, 11) is 0. The predicted octanol–water partition coefficient (Wildman–Crippen LogP) is 3.15. The van der Waals surface area contributed by atoms with Crippen molar-refractivity contribution in [2.45, 2.75) is 51.6 Å². The SMILES string of the molecule is CCC1(OC(C)=O)CC2CC1C1C3CC(C#N)C(C3)C21. The highest BCUT2D eigenvalue weighted by Gasteiger charge is 2.69. The molecule has 3 heteroatoms. The van der Waals surface area contributed by atoms with Gasteiger partial charge in [0.2, 0.25) is 0 Å². The molecule has 4 aliphatic rings. The lowest BCUT2D eigenvalue weighted by Crippen LogP contribution is -2.48. The zero-order valence-corrected chi connectivity index (χ0v) is 12.3. The second-order valence-electron chi connectivity index (χ2n) is 7.60. The highest BCUT2D eigenvalue weighted by Crippen LogP contribution is 2.71. The average Bonchev–Trinajstić information content (AvgIpc) is 3.13. The van der Waals surface area contributed by atoms with Gasteiger partial charge >= 0.3 is 5.97 Å². The zero-order valence-electron chi connectivity index (χ0n) is 12.3. The van der Waals surface area contributed by atoms with Gasteiger partial charge in [0.05, 0.1) is 6.07 Å². The van der Waals surface area contributed by atoms with Crippen LogP contribution in [0.5, 0.6) is 0 Å². The Kier molecular flexibility index (Phi) is 2.53. The summed E-state index contributed by atoms with van der Waals surface area (Å²) in [6.07, 6.45) is 5.61. The number of hydrogen-bond acceptors (Lipinski definition) is 3. The highest BCUT2D eigenvalue weighted by atomic mass is 16.6. The summed E-state index contributed by atoms with van der Waals surface area (Å²) in [6, 6.07) is 2.55. The number of nitriles is 1. The molecule has 0 radical (unpaired) electrons. The van der Waals surface area contributed by atoms with Crippen molar-refractivity contribution in [3.05, 3.63) is 0 Å². The third-order valence-corrected chi connectivity index (χ3v) is 7.09. The molecule has 0 aromatic carbocycles. The van der Waals surface area contributed by atoms with Gasteiger partial charge in [0, 0.05) is 18.8 Å². The molecule has 8 unspecified atom stereocenters. The first-order valence-electron chi connectivity index (χ1n) is 8.19. The molecule has 0 heterocycles. The molecule has 4 fully saturated rings. The Bertz CT molecular complexity index is 496. The first-order valence-corrected chi connectivity index (χ1v) is 8.19. The van der Waals surface area contributed by atoms with Crippen molar-refractivity contribution >= 4 is 5.97 Å². The van der Waals surface area contributed by atoms with Gasteiger partial charge in [-0.2, -0.15) is 5.26 Å². The Balaban J connectivity index is 1.64. The standard InChI is InChI=1S/C17H23NO2/c1-3-17(20-9(2)19)7-11-6-14(17)16-10-4-12(8-18)13(5-10)15(11)16/h10-16H,3-7H2,1-2H3. The van der Waals surface area contributed by atoms with E-state index in [1.807, 2.05) is 0 Å². The molecule has 0 spiro atoms. The quantitative estimate of drug-likeness (QED) is 0.573. The molecule has 108 valence electrons. The fourth-order valence-electron chi connectivity index (χ4n) is 6.76. The number of fused-ring (bicyclic) bond motifs is 9. The summed E-state index contributed by atoms with van der Waals surface area (Å²) < 4.78 is 5.85. The summed E-state index contributed by atoms with van der Waals surface area (Å²) in [5.41, 5.74) is -0.176. The number of esters is 1. The number of carbonyl (C=O) groups excluding carboxylic acids is 1. The smallest absolute Gasteiger partial charge is 0.303 e. The van der Waals surface area contributed by atoms with Crippen molar-refractivity contribution in [1.29, 1.82) is 5.26 Å². The fraction of sp³-hybridized carbons (Fsp3) is 0.882. The highest BCUT2D eigenvalue weighted by molar-refractivity contribution is 5.66. The summed E-state index contributed by atoms with van der Waals surface area (Å²) in [5, 5.41) is 9.33. The van der Waals surface area contributed by atoms with Crippen LogP contribution in [0.15, 0.2) is 0 Å². The van der Waals surface area contributed by atoms with Crippen LogP contribution in [-0.4, -0.2) is 11.6 Å². The Morgan fingerprint density at radius 2 is 2.10 bits per heavy atom. The van der Waals surface area contributed by atoms with Crippen LogP contribution in [0.1, 0.15) is 46.0 Å². The van der Waals surface area contributed by atoms with Gasteiger partial charge in [-0.1, -0.05) is 6.92 Å². The largest absolute Gasteiger partial charge is 0.459 e. The molecule has 20 heavy (non-hydrogen) atoms. The van der Waals surface area contributed by atoms with Crippen molar-refractivity contribution in [3.8, 4) is 6.07 Å². The van der Waals surface area contributed by atoms with Crippen LogP contribution >= 0.6 is 0 Å². The molecular formula is C17H23NO2. The predicted molar refractivity (Wildman–Crippen MR) is 73.3 cm³/mol. The molecule has 0 N–H and O–H groups in total. The van der Waals surface area contributed by atoms with E-state index in [1.54, 1.807) is 6.92 Å². The minimum absolute atomic E-state index is 0.117. The van der Waals surface area contributed by atoms with E-state index < -0.39 is 0 Å². The summed E-state index contributed by atoms with van der Waals surface area (Å²) in [5.74, 6) is 4.35. The van der Waals surface area contributed by atoms with Gasteiger partial charge in [0.25, 0.3) is 0 Å². The van der Waals surface area contributed by atoms with Crippen LogP contribution in [0, 0.1) is 52.8 Å². The van der Waals surface area contributed by atoms with Gasteiger partial charge in [-0.25, -0.2) is 0 Å². The Morgan fingerprint density at radius 3 is 2.75 bits per heavy atom. The van der Waals surface area contributed by atoms with Gasteiger partial charge in [-0.05, 0) is 61.7 Å². The first kappa shape index (κ1) is 12.7. The first-order chi connectivity index (χ1) is 9.59. The molecule has 0 aromatic rings. The Labute approximate surface area is 120 Å². The van der Waals surface area contributed by atoms with E-state index in [0.717, 1.165) is 37.0 Å². The normalized spacial score (nSPS) is 54.8. The number of carbonyl (C=O) groups is 1. The third-order valence-electron chi connectivity index (χ3n) is 7.09. The molecule has 4 saturated carbocycles. The fourth-order valence-corrected chi connectivity index (χ4v) is 6.76. The number of rotatable bonds is 2. The van der Waals surface area contributed by atoms with Gasteiger partial charge < -0.3 is 4.74 Å². The molecule has 0 saturated heterocycles. The Hall–Kier alpha value is -1.04. The molecular weight excluding hydrogens is 250 g/mol. The molecule has 0 amide bonds. The number of hydrogen-bond donors (Lipinski definition) is 0. The van der Waals surface area contributed by atoms with Gasteiger partial charge in [-0.15, -0.1) is 0 Å². The third kappa shape index (κ3) is 1.38. The molecule has 4 aliphatic carbocycles. The van der Waals surface area contributed by atoms with E-state index in [2.05, 4.69) is 13.0 Å². The van der Waals surface area contributed by atoms with Crippen molar-refractivity contribution in [3.63, 3.8) is 0 Å². The molecule has 3 nitrogen and oxygen atoms in total. The van der Waals surface area contributed by atoms with E-state index in [4.69, 9.17) is 4.74 Å². The van der Waals surface area contributed by atoms with Gasteiger partial charge in [0.1, 0.15) is 5.60 Å². The number of nitrogens with zero attached hydrogens (tertiary/aromatic N) is 1. The second kappa shape index (κ2) is 4.00. The van der Waals surface area contributed by atoms with Gasteiger partial charge in [-0.3, -0.25) is 4.79 Å². The minimum atomic E-state index is -0.176. The lowest BCUT2D eigenvalue weighted by atomic mass is 9.63. The van der Waals surface area contributed by atoms with Crippen molar-refractivity contribution in [2.75, 3.05) is 0 Å². The van der Waals surface area contributed by atoms with E-state index in [0.29, 0.717) is 23.7 Å². The lowest BCUT2D eigenvalue weighted by molar-refractivity contribution is -0.170. The maximum Gasteiger partial charge on any atom is 0.303 e. The monoisotopic (exact) mass is 273 g/mol. The van der Waals surface area contributed by atoms with E-state index >= 15 is 0 Å².